The summed E-state index contributed by atoms with van der Waals surface area (Å²) in [7, 11) is 0. The summed E-state index contributed by atoms with van der Waals surface area (Å²) in [5.41, 5.74) is 0.871. The molecule has 0 aliphatic heterocycles. The smallest absolute Gasteiger partial charge is 0.0260 e. The molecule has 4 unspecified atom stereocenters. The van der Waals surface area contributed by atoms with Gasteiger partial charge in [0.1, 0.15) is 0 Å². The van der Waals surface area contributed by atoms with Crippen molar-refractivity contribution in [3.05, 3.63) is 0 Å². The molecule has 0 amide bonds. The maximum Gasteiger partial charge on any atom is -0.0260 e. The second-order valence-corrected chi connectivity index (χ2v) is 9.80. The molecule has 0 aromatic rings. The van der Waals surface area contributed by atoms with Crippen molar-refractivity contribution in [2.75, 3.05) is 0 Å². The highest BCUT2D eigenvalue weighted by Gasteiger charge is 2.69. The second kappa shape index (κ2) is 4.75. The molecular weight excluding hydrogens is 252 g/mol. The van der Waals surface area contributed by atoms with Gasteiger partial charge in [-0.2, -0.15) is 0 Å². The zero-order chi connectivity index (χ0) is 14.0. The van der Waals surface area contributed by atoms with Crippen LogP contribution in [0.5, 0.6) is 0 Å². The topological polar surface area (TPSA) is 0 Å². The molecule has 118 valence electrons. The number of rotatable bonds is 6. The summed E-state index contributed by atoms with van der Waals surface area (Å²) >= 11 is 0. The highest BCUT2D eigenvalue weighted by molar-refractivity contribution is 5.18. The summed E-state index contributed by atoms with van der Waals surface area (Å²) in [5, 5.41) is 0. The van der Waals surface area contributed by atoms with Gasteiger partial charge in [-0.15, -0.1) is 0 Å². The summed E-state index contributed by atoms with van der Waals surface area (Å²) < 4.78 is 0. The molecule has 0 nitrogen and oxygen atoms in total. The van der Waals surface area contributed by atoms with Crippen molar-refractivity contribution in [3.8, 4) is 0 Å². The molecule has 0 spiro atoms. The molecule has 0 heterocycles. The van der Waals surface area contributed by atoms with E-state index in [4.69, 9.17) is 0 Å². The fraction of sp³-hybridized carbons (Fsp3) is 1.00. The lowest BCUT2D eigenvalue weighted by atomic mass is 9.71. The molecule has 0 radical (unpaired) electrons. The summed E-state index contributed by atoms with van der Waals surface area (Å²) in [4.78, 5) is 0. The van der Waals surface area contributed by atoms with E-state index in [9.17, 15) is 0 Å². The van der Waals surface area contributed by atoms with Crippen LogP contribution in [0, 0.1) is 46.8 Å². The average Bonchev–Trinajstić information content (AvgIpc) is 3.26. The van der Waals surface area contributed by atoms with E-state index in [0.717, 1.165) is 23.2 Å². The molecule has 0 aromatic heterocycles. The Morgan fingerprint density at radius 3 is 1.90 bits per heavy atom. The Morgan fingerprint density at radius 2 is 1.43 bits per heavy atom. The Labute approximate surface area is 131 Å². The summed E-state index contributed by atoms with van der Waals surface area (Å²) in [5.74, 6) is 8.14. The van der Waals surface area contributed by atoms with Crippen molar-refractivity contribution in [1.82, 2.24) is 0 Å². The van der Waals surface area contributed by atoms with Gasteiger partial charge in [0.15, 0.2) is 0 Å². The van der Waals surface area contributed by atoms with Gasteiger partial charge in [-0.3, -0.25) is 0 Å². The quantitative estimate of drug-likeness (QED) is 0.557. The fourth-order valence-corrected chi connectivity index (χ4v) is 6.86. The lowest BCUT2D eigenvalue weighted by molar-refractivity contribution is 0.167. The Balaban J connectivity index is 1.29. The monoisotopic (exact) mass is 286 g/mol. The molecule has 21 heavy (non-hydrogen) atoms. The van der Waals surface area contributed by atoms with E-state index in [1.165, 1.54) is 30.1 Å². The van der Waals surface area contributed by atoms with E-state index in [1.807, 2.05) is 0 Å². The SMILES string of the molecule is CC(CC1(C2C(C3CCCC3)C2C2CC2)CC1)C1CCC1. The maximum atomic E-state index is 2.60. The molecule has 4 atom stereocenters. The van der Waals surface area contributed by atoms with Gasteiger partial charge in [0.2, 0.25) is 0 Å². The summed E-state index contributed by atoms with van der Waals surface area (Å²) in [6, 6.07) is 0. The molecule has 5 saturated carbocycles. The molecular formula is C21H34. The number of hydrogen-bond donors (Lipinski definition) is 0. The van der Waals surface area contributed by atoms with Gasteiger partial charge >= 0.3 is 0 Å². The van der Waals surface area contributed by atoms with E-state index in [2.05, 4.69) is 6.92 Å². The summed E-state index contributed by atoms with van der Waals surface area (Å²) in [6.45, 7) is 2.60. The minimum Gasteiger partial charge on any atom is -0.0622 e. The fourth-order valence-electron chi connectivity index (χ4n) is 6.86. The lowest BCUT2D eigenvalue weighted by Gasteiger charge is -2.34. The molecule has 0 bridgehead atoms. The third-order valence-electron chi connectivity index (χ3n) is 8.53. The highest BCUT2D eigenvalue weighted by atomic mass is 14.7. The first kappa shape index (κ1) is 13.4. The minimum absolute atomic E-state index is 0.871. The zero-order valence-corrected chi connectivity index (χ0v) is 14.0. The van der Waals surface area contributed by atoms with E-state index in [1.54, 1.807) is 70.6 Å². The first-order chi connectivity index (χ1) is 10.3. The maximum absolute atomic E-state index is 2.60. The van der Waals surface area contributed by atoms with Crippen molar-refractivity contribution >= 4 is 0 Å². The van der Waals surface area contributed by atoms with Gasteiger partial charge in [-0.25, -0.2) is 0 Å². The molecule has 0 N–H and O–H groups in total. The predicted molar refractivity (Wildman–Crippen MR) is 87.9 cm³/mol. The summed E-state index contributed by atoms with van der Waals surface area (Å²) in [6.07, 6.45) is 19.0. The Morgan fingerprint density at radius 1 is 0.810 bits per heavy atom. The van der Waals surface area contributed by atoms with Crippen LogP contribution in [0.25, 0.3) is 0 Å². The van der Waals surface area contributed by atoms with E-state index in [-0.39, 0.29) is 0 Å². The van der Waals surface area contributed by atoms with Crippen molar-refractivity contribution in [2.45, 2.75) is 84.0 Å². The molecule has 0 heteroatoms. The van der Waals surface area contributed by atoms with Gasteiger partial charge in [-0.1, -0.05) is 51.9 Å². The minimum atomic E-state index is 0.871. The van der Waals surface area contributed by atoms with Gasteiger partial charge in [0.25, 0.3) is 0 Å². The lowest BCUT2D eigenvalue weighted by Crippen LogP contribution is -2.24. The van der Waals surface area contributed by atoms with Crippen molar-refractivity contribution in [2.24, 2.45) is 46.8 Å². The van der Waals surface area contributed by atoms with Crippen LogP contribution < -0.4 is 0 Å². The van der Waals surface area contributed by atoms with E-state index in [0.29, 0.717) is 0 Å². The Kier molecular flexibility index (Phi) is 3.04. The average molecular weight is 287 g/mol. The van der Waals surface area contributed by atoms with Crippen molar-refractivity contribution in [1.29, 1.82) is 0 Å². The second-order valence-electron chi connectivity index (χ2n) is 9.80. The Bertz CT molecular complexity index is 392. The molecule has 0 aromatic carbocycles. The van der Waals surface area contributed by atoms with Gasteiger partial charge < -0.3 is 0 Å². The first-order valence-corrected chi connectivity index (χ1v) is 10.3. The third kappa shape index (κ3) is 2.22. The van der Waals surface area contributed by atoms with Crippen LogP contribution in [-0.2, 0) is 0 Å². The van der Waals surface area contributed by atoms with Crippen LogP contribution >= 0.6 is 0 Å². The standard InChI is InChI=1S/C21H34/c1-14(15-7-4-8-15)13-21(11-12-21)20-18(16-5-2-3-6-16)19(20)17-9-10-17/h14-20H,2-13H2,1H3. The van der Waals surface area contributed by atoms with Gasteiger partial charge in [0, 0.05) is 0 Å². The first-order valence-electron chi connectivity index (χ1n) is 10.3. The van der Waals surface area contributed by atoms with Gasteiger partial charge in [-0.05, 0) is 78.9 Å². The largest absolute Gasteiger partial charge is 0.0622 e. The van der Waals surface area contributed by atoms with Crippen LogP contribution in [0.15, 0.2) is 0 Å². The van der Waals surface area contributed by atoms with Crippen LogP contribution in [-0.4, -0.2) is 0 Å². The molecule has 5 aliphatic rings. The number of hydrogen-bond acceptors (Lipinski definition) is 0. The normalized spacial score (nSPS) is 43.6. The van der Waals surface area contributed by atoms with Gasteiger partial charge in [0.05, 0.1) is 0 Å². The van der Waals surface area contributed by atoms with Crippen molar-refractivity contribution < 1.29 is 0 Å². The van der Waals surface area contributed by atoms with E-state index >= 15 is 0 Å². The Hall–Kier alpha value is 0. The highest BCUT2D eigenvalue weighted by Crippen LogP contribution is 2.76. The van der Waals surface area contributed by atoms with E-state index < -0.39 is 0 Å². The predicted octanol–water partition coefficient (Wildman–Crippen LogP) is 6.06. The van der Waals surface area contributed by atoms with Crippen molar-refractivity contribution in [3.63, 3.8) is 0 Å². The molecule has 5 aliphatic carbocycles. The van der Waals surface area contributed by atoms with Crippen LogP contribution in [0.4, 0.5) is 0 Å². The molecule has 0 saturated heterocycles. The molecule has 5 rings (SSSR count). The third-order valence-corrected chi connectivity index (χ3v) is 8.53. The molecule has 5 fully saturated rings. The van der Waals surface area contributed by atoms with Crippen LogP contribution in [0.1, 0.15) is 84.0 Å². The zero-order valence-electron chi connectivity index (χ0n) is 14.0. The van der Waals surface area contributed by atoms with Crippen LogP contribution in [0.3, 0.4) is 0 Å². The van der Waals surface area contributed by atoms with Crippen LogP contribution in [0.2, 0.25) is 0 Å².